The predicted octanol–water partition coefficient (Wildman–Crippen LogP) is 3.24. The van der Waals surface area contributed by atoms with Gasteiger partial charge in [-0.25, -0.2) is 13.1 Å². The summed E-state index contributed by atoms with van der Waals surface area (Å²) in [6.45, 7) is 3.94. The lowest BCUT2D eigenvalue weighted by Crippen LogP contribution is -2.24. The third kappa shape index (κ3) is 4.10. The largest absolute Gasteiger partial charge is 0.265 e. The van der Waals surface area contributed by atoms with Gasteiger partial charge in [0.25, 0.3) is 0 Å². The molecule has 0 aliphatic carbocycles. The Labute approximate surface area is 147 Å². The van der Waals surface area contributed by atoms with Crippen molar-refractivity contribution in [2.75, 3.05) is 0 Å². The summed E-state index contributed by atoms with van der Waals surface area (Å²) in [7, 11) is -3.56. The molecule has 0 spiro atoms. The molecular formula is C19H19N3O2S. The number of benzene rings is 1. The summed E-state index contributed by atoms with van der Waals surface area (Å²) in [4.78, 5) is 8.63. The molecule has 0 aliphatic heterocycles. The van der Waals surface area contributed by atoms with E-state index in [1.165, 1.54) is 0 Å². The highest BCUT2D eigenvalue weighted by Crippen LogP contribution is 2.19. The number of hydrogen-bond acceptors (Lipinski definition) is 4. The maximum atomic E-state index is 12.6. The lowest BCUT2D eigenvalue weighted by molar-refractivity contribution is 0.580. The summed E-state index contributed by atoms with van der Waals surface area (Å²) < 4.78 is 27.8. The van der Waals surface area contributed by atoms with Crippen LogP contribution in [0, 0.1) is 13.8 Å². The SMILES string of the molecule is Cc1ccc(S(=O)(=O)NCc2ccnc(-c3ccncc3)c2)c(C)c1. The minimum Gasteiger partial charge on any atom is -0.265 e. The lowest BCUT2D eigenvalue weighted by Gasteiger charge is -2.10. The van der Waals surface area contributed by atoms with E-state index in [-0.39, 0.29) is 6.54 Å². The molecule has 2 aromatic heterocycles. The highest BCUT2D eigenvalue weighted by atomic mass is 32.2. The van der Waals surface area contributed by atoms with Gasteiger partial charge in [0.2, 0.25) is 10.0 Å². The lowest BCUT2D eigenvalue weighted by atomic mass is 10.1. The van der Waals surface area contributed by atoms with Gasteiger partial charge in [0, 0.05) is 30.7 Å². The minimum atomic E-state index is -3.56. The molecule has 3 rings (SSSR count). The predicted molar refractivity (Wildman–Crippen MR) is 97.4 cm³/mol. The van der Waals surface area contributed by atoms with Crippen LogP contribution in [0.25, 0.3) is 11.3 Å². The topological polar surface area (TPSA) is 72.0 Å². The smallest absolute Gasteiger partial charge is 0.241 e. The van der Waals surface area contributed by atoms with E-state index in [0.717, 1.165) is 27.9 Å². The molecule has 0 amide bonds. The highest BCUT2D eigenvalue weighted by molar-refractivity contribution is 7.89. The first-order chi connectivity index (χ1) is 12.0. The Balaban J connectivity index is 1.79. The Kier molecular flexibility index (Phi) is 4.92. The van der Waals surface area contributed by atoms with E-state index in [0.29, 0.717) is 4.90 Å². The molecule has 6 heteroatoms. The Morgan fingerprint density at radius 2 is 1.72 bits per heavy atom. The summed E-state index contributed by atoms with van der Waals surface area (Å²) in [5.41, 5.74) is 4.34. The van der Waals surface area contributed by atoms with Gasteiger partial charge in [-0.3, -0.25) is 9.97 Å². The first-order valence-corrected chi connectivity index (χ1v) is 9.36. The van der Waals surface area contributed by atoms with Crippen molar-refractivity contribution in [3.8, 4) is 11.3 Å². The first-order valence-electron chi connectivity index (χ1n) is 7.88. The summed E-state index contributed by atoms with van der Waals surface area (Å²) in [6.07, 6.45) is 5.08. The van der Waals surface area contributed by atoms with Crippen LogP contribution in [0.3, 0.4) is 0 Å². The number of nitrogens with zero attached hydrogens (tertiary/aromatic N) is 2. The zero-order chi connectivity index (χ0) is 17.9. The summed E-state index contributed by atoms with van der Waals surface area (Å²) in [5, 5.41) is 0. The van der Waals surface area contributed by atoms with Gasteiger partial charge in [-0.05, 0) is 55.3 Å². The molecule has 1 N–H and O–H groups in total. The van der Waals surface area contributed by atoms with Crippen molar-refractivity contribution in [2.45, 2.75) is 25.3 Å². The molecular weight excluding hydrogens is 334 g/mol. The van der Waals surface area contributed by atoms with Gasteiger partial charge >= 0.3 is 0 Å². The van der Waals surface area contributed by atoms with E-state index in [1.54, 1.807) is 43.7 Å². The number of rotatable bonds is 5. The van der Waals surface area contributed by atoms with Crippen LogP contribution in [0.2, 0.25) is 0 Å². The number of nitrogens with one attached hydrogen (secondary N) is 1. The molecule has 3 aromatic rings. The number of sulfonamides is 1. The van der Waals surface area contributed by atoms with Crippen molar-refractivity contribution < 1.29 is 8.42 Å². The van der Waals surface area contributed by atoms with E-state index in [2.05, 4.69) is 14.7 Å². The molecule has 0 saturated heterocycles. The summed E-state index contributed by atoms with van der Waals surface area (Å²) in [5.74, 6) is 0. The van der Waals surface area contributed by atoms with Crippen molar-refractivity contribution in [3.05, 3.63) is 77.7 Å². The average molecular weight is 353 g/mol. The minimum absolute atomic E-state index is 0.205. The number of aryl methyl sites for hydroxylation is 2. The zero-order valence-corrected chi connectivity index (χ0v) is 14.9. The molecule has 2 heterocycles. The molecule has 0 aliphatic rings. The molecule has 0 fully saturated rings. The van der Waals surface area contributed by atoms with Crippen molar-refractivity contribution in [3.63, 3.8) is 0 Å². The fraction of sp³-hybridized carbons (Fsp3) is 0.158. The average Bonchev–Trinajstić information content (AvgIpc) is 2.61. The van der Waals surface area contributed by atoms with E-state index < -0.39 is 10.0 Å². The highest BCUT2D eigenvalue weighted by Gasteiger charge is 2.16. The Hall–Kier alpha value is -2.57. The van der Waals surface area contributed by atoms with E-state index >= 15 is 0 Å². The second-order valence-corrected chi connectivity index (χ2v) is 7.61. The van der Waals surface area contributed by atoms with E-state index in [9.17, 15) is 8.42 Å². The van der Waals surface area contributed by atoms with Crippen LogP contribution in [-0.2, 0) is 16.6 Å². The summed E-state index contributed by atoms with van der Waals surface area (Å²) >= 11 is 0. The van der Waals surface area contributed by atoms with Gasteiger partial charge in [-0.1, -0.05) is 17.7 Å². The van der Waals surface area contributed by atoms with E-state index in [4.69, 9.17) is 0 Å². The van der Waals surface area contributed by atoms with Gasteiger partial charge in [0.15, 0.2) is 0 Å². The first kappa shape index (κ1) is 17.3. The van der Waals surface area contributed by atoms with Crippen LogP contribution in [0.5, 0.6) is 0 Å². The second-order valence-electron chi connectivity index (χ2n) is 5.88. The van der Waals surface area contributed by atoms with Crippen LogP contribution in [0.4, 0.5) is 0 Å². The second kappa shape index (κ2) is 7.13. The molecule has 0 unspecified atom stereocenters. The van der Waals surface area contributed by atoms with Crippen molar-refractivity contribution in [1.29, 1.82) is 0 Å². The van der Waals surface area contributed by atoms with Crippen LogP contribution >= 0.6 is 0 Å². The standard InChI is InChI=1S/C19H19N3O2S/c1-14-3-4-19(15(2)11-14)25(23,24)22-13-16-5-10-21-18(12-16)17-6-8-20-9-7-17/h3-12,22H,13H2,1-2H3. The molecule has 0 bridgehead atoms. The monoisotopic (exact) mass is 353 g/mol. The Morgan fingerprint density at radius 1 is 0.960 bits per heavy atom. The molecule has 0 saturated carbocycles. The number of hydrogen-bond donors (Lipinski definition) is 1. The van der Waals surface area contributed by atoms with Crippen molar-refractivity contribution in [1.82, 2.24) is 14.7 Å². The fourth-order valence-corrected chi connectivity index (χ4v) is 3.86. The van der Waals surface area contributed by atoms with Crippen LogP contribution in [0.1, 0.15) is 16.7 Å². The molecule has 128 valence electrons. The third-order valence-corrected chi connectivity index (χ3v) is 5.45. The van der Waals surface area contributed by atoms with Crippen LogP contribution in [-0.4, -0.2) is 18.4 Å². The van der Waals surface area contributed by atoms with Gasteiger partial charge < -0.3 is 0 Å². The van der Waals surface area contributed by atoms with Crippen LogP contribution < -0.4 is 4.72 Å². The molecule has 5 nitrogen and oxygen atoms in total. The van der Waals surface area contributed by atoms with Gasteiger partial charge in [0.05, 0.1) is 10.6 Å². The van der Waals surface area contributed by atoms with Gasteiger partial charge in [0.1, 0.15) is 0 Å². The van der Waals surface area contributed by atoms with Gasteiger partial charge in [-0.15, -0.1) is 0 Å². The number of pyridine rings is 2. The maximum Gasteiger partial charge on any atom is 0.241 e. The molecule has 0 radical (unpaired) electrons. The fourth-order valence-electron chi connectivity index (χ4n) is 2.62. The Morgan fingerprint density at radius 3 is 2.44 bits per heavy atom. The zero-order valence-electron chi connectivity index (χ0n) is 14.1. The van der Waals surface area contributed by atoms with Crippen molar-refractivity contribution >= 4 is 10.0 Å². The maximum absolute atomic E-state index is 12.6. The van der Waals surface area contributed by atoms with E-state index in [1.807, 2.05) is 31.2 Å². The normalized spacial score (nSPS) is 11.4. The van der Waals surface area contributed by atoms with Crippen molar-refractivity contribution in [2.24, 2.45) is 0 Å². The van der Waals surface area contributed by atoms with Gasteiger partial charge in [-0.2, -0.15) is 0 Å². The Bertz CT molecular complexity index is 987. The third-order valence-electron chi connectivity index (χ3n) is 3.89. The molecule has 0 atom stereocenters. The molecule has 1 aromatic carbocycles. The summed E-state index contributed by atoms with van der Waals surface area (Å²) in [6, 6.07) is 12.7. The van der Waals surface area contributed by atoms with Crippen LogP contribution in [0.15, 0.2) is 66.0 Å². The number of aromatic nitrogens is 2. The molecule has 25 heavy (non-hydrogen) atoms. The quantitative estimate of drug-likeness (QED) is 0.764.